The Hall–Kier alpha value is -4.94. The molecule has 0 spiro atoms. The molecule has 17 heteroatoms. The van der Waals surface area contributed by atoms with E-state index >= 15 is 0 Å². The summed E-state index contributed by atoms with van der Waals surface area (Å²) < 4.78 is 14.1. The zero-order chi connectivity index (χ0) is 47.7. The number of thiazole rings is 1. The van der Waals surface area contributed by atoms with Gasteiger partial charge in [-0.25, -0.2) is 14.6 Å². The Bertz CT molecular complexity index is 2410. The number of cyclic esters (lactones) is 1. The van der Waals surface area contributed by atoms with Crippen LogP contribution in [0, 0.1) is 11.3 Å². The highest BCUT2D eigenvalue weighted by molar-refractivity contribution is 7.10. The second-order valence-electron chi connectivity index (χ2n) is 19.6. The standard InChI is InChI=1S/C49H69N9O7S/c1-11-57-39-18-17-32-25-35(39)36(43(57)34-16-12-21-50-41(34)31(4)64-10)27-48(5,6)29-65-46(61)49(63)20-14-23-58(53-49)45(60)37(26-40-51-38(32)28-66-40)52-44(59)42(30(2)3)55(9)47(62)56-22-13-15-33(19-24-56)54(7)8/h12,16-18,21,25,28,30-31,33,37,42,53,63H,11,13-15,19-20,22-24,26-27,29H2,1-10H3,(H,52,59)/t31-,33+,37-,42-,49-/m0/s1. The molecule has 4 aromatic rings. The predicted octanol–water partition coefficient (Wildman–Crippen LogP) is 6.02. The van der Waals surface area contributed by atoms with Gasteiger partial charge in [-0.3, -0.25) is 19.6 Å². The molecule has 0 unspecified atom stereocenters. The van der Waals surface area contributed by atoms with Crippen LogP contribution in [0.3, 0.4) is 0 Å². The van der Waals surface area contributed by atoms with Crippen molar-refractivity contribution < 1.29 is 33.8 Å². The van der Waals surface area contributed by atoms with Gasteiger partial charge in [-0.2, -0.15) is 5.43 Å². The topological polar surface area (TPSA) is 175 Å². The number of likely N-dealkylation sites (N-methyl/N-ethyl adjacent to an activating group) is 1. The van der Waals surface area contributed by atoms with Crippen molar-refractivity contribution in [1.82, 2.24) is 45.0 Å². The molecule has 2 saturated heterocycles. The molecule has 7 rings (SSSR count). The summed E-state index contributed by atoms with van der Waals surface area (Å²) in [6.45, 7) is 13.9. The van der Waals surface area contributed by atoms with E-state index < -0.39 is 41.0 Å². The van der Waals surface area contributed by atoms with E-state index in [2.05, 4.69) is 65.5 Å². The molecule has 358 valence electrons. The summed E-state index contributed by atoms with van der Waals surface area (Å²) in [5.41, 5.74) is 6.41. The minimum Gasteiger partial charge on any atom is -0.462 e. The lowest BCUT2D eigenvalue weighted by Crippen LogP contribution is -2.67. The highest BCUT2D eigenvalue weighted by Crippen LogP contribution is 2.42. The van der Waals surface area contributed by atoms with Gasteiger partial charge in [0.2, 0.25) is 11.6 Å². The van der Waals surface area contributed by atoms with Gasteiger partial charge in [0.1, 0.15) is 12.1 Å². The number of esters is 1. The van der Waals surface area contributed by atoms with Crippen LogP contribution >= 0.6 is 11.3 Å². The summed E-state index contributed by atoms with van der Waals surface area (Å²) in [7, 11) is 7.44. The number of methoxy groups -OCH3 is 1. The third-order valence-electron chi connectivity index (χ3n) is 13.6. The number of hydrazine groups is 1. The zero-order valence-electron chi connectivity index (χ0n) is 40.3. The number of benzene rings is 1. The summed E-state index contributed by atoms with van der Waals surface area (Å²) in [6.07, 6.45) is 5.00. The predicted molar refractivity (Wildman–Crippen MR) is 255 cm³/mol. The number of nitrogens with zero attached hydrogens (tertiary/aromatic N) is 7. The summed E-state index contributed by atoms with van der Waals surface area (Å²) in [6, 6.07) is 8.39. The average Bonchev–Trinajstić information content (AvgIpc) is 3.77. The molecule has 6 heterocycles. The summed E-state index contributed by atoms with van der Waals surface area (Å²) >= 11 is 1.39. The molecule has 66 heavy (non-hydrogen) atoms. The Morgan fingerprint density at radius 2 is 1.86 bits per heavy atom. The fraction of sp³-hybridized carbons (Fsp3) is 0.592. The second-order valence-corrected chi connectivity index (χ2v) is 20.6. The number of nitrogens with one attached hydrogen (secondary N) is 2. The van der Waals surface area contributed by atoms with E-state index in [-0.39, 0.29) is 44.0 Å². The molecule has 0 saturated carbocycles. The lowest BCUT2D eigenvalue weighted by molar-refractivity contribution is -0.189. The van der Waals surface area contributed by atoms with E-state index in [1.54, 1.807) is 20.4 Å². The molecule has 0 aliphatic carbocycles. The molecular formula is C49H69N9O7S. The highest BCUT2D eigenvalue weighted by Gasteiger charge is 2.46. The zero-order valence-corrected chi connectivity index (χ0v) is 41.2. The first-order chi connectivity index (χ1) is 31.4. The number of aliphatic hydroxyl groups is 1. The number of hydrogen-bond donors (Lipinski definition) is 3. The van der Waals surface area contributed by atoms with Gasteiger partial charge < -0.3 is 39.2 Å². The van der Waals surface area contributed by atoms with Crippen LogP contribution in [-0.2, 0) is 43.2 Å². The molecule has 6 bridgehead atoms. The molecular weight excluding hydrogens is 859 g/mol. The summed E-state index contributed by atoms with van der Waals surface area (Å²) in [4.78, 5) is 72.6. The quantitative estimate of drug-likeness (QED) is 0.168. The maximum absolute atomic E-state index is 14.7. The first kappa shape index (κ1) is 49.0. The van der Waals surface area contributed by atoms with E-state index in [0.29, 0.717) is 43.5 Å². The largest absolute Gasteiger partial charge is 0.462 e. The molecule has 3 aliphatic heterocycles. The van der Waals surface area contributed by atoms with E-state index in [4.69, 9.17) is 19.4 Å². The average molecular weight is 928 g/mol. The van der Waals surface area contributed by atoms with Crippen LogP contribution in [0.4, 0.5) is 4.79 Å². The number of hydrogen-bond acceptors (Lipinski definition) is 12. The number of ether oxygens (including phenoxy) is 2. The molecule has 0 radical (unpaired) electrons. The van der Waals surface area contributed by atoms with Crippen LogP contribution < -0.4 is 10.7 Å². The number of pyridine rings is 1. The van der Waals surface area contributed by atoms with Crippen molar-refractivity contribution in [3.63, 3.8) is 0 Å². The fourth-order valence-corrected chi connectivity index (χ4v) is 10.8. The van der Waals surface area contributed by atoms with Crippen molar-refractivity contribution >= 4 is 46.1 Å². The van der Waals surface area contributed by atoms with Crippen molar-refractivity contribution in [2.75, 3.05) is 54.5 Å². The number of likely N-dealkylation sites (tertiary alicyclic amines) is 1. The third kappa shape index (κ3) is 10.1. The Balaban J connectivity index is 1.28. The van der Waals surface area contributed by atoms with E-state index in [9.17, 15) is 24.3 Å². The van der Waals surface area contributed by atoms with Gasteiger partial charge >= 0.3 is 12.0 Å². The van der Waals surface area contributed by atoms with Crippen LogP contribution in [0.15, 0.2) is 41.9 Å². The van der Waals surface area contributed by atoms with E-state index in [1.807, 2.05) is 51.0 Å². The van der Waals surface area contributed by atoms with E-state index in [1.165, 1.54) is 21.2 Å². The van der Waals surface area contributed by atoms with Crippen molar-refractivity contribution in [1.29, 1.82) is 0 Å². The van der Waals surface area contributed by atoms with E-state index in [0.717, 1.165) is 63.9 Å². The summed E-state index contributed by atoms with van der Waals surface area (Å²) in [5, 5.41) is 19.7. The molecule has 16 nitrogen and oxygen atoms in total. The molecule has 2 fully saturated rings. The van der Waals surface area contributed by atoms with Crippen molar-refractivity contribution in [2.45, 2.75) is 123 Å². The number of fused-ring (bicyclic) bond motifs is 6. The number of rotatable bonds is 9. The van der Waals surface area contributed by atoms with Gasteiger partial charge in [0.05, 0.1) is 34.8 Å². The number of urea groups is 1. The minimum absolute atomic E-state index is 0.00933. The van der Waals surface area contributed by atoms with Crippen LogP contribution in [0.25, 0.3) is 33.4 Å². The monoisotopic (exact) mass is 928 g/mol. The number of carbonyl (C=O) groups is 4. The van der Waals surface area contributed by atoms with Gasteiger partial charge in [-0.1, -0.05) is 33.8 Å². The number of aromatic nitrogens is 3. The number of amides is 4. The highest BCUT2D eigenvalue weighted by atomic mass is 32.1. The number of carbonyl (C=O) groups excluding carboxylic acids is 4. The molecule has 5 atom stereocenters. The van der Waals surface area contributed by atoms with Crippen LogP contribution in [-0.4, -0.2) is 142 Å². The first-order valence-corrected chi connectivity index (χ1v) is 24.3. The van der Waals surface area contributed by atoms with Crippen molar-refractivity contribution in [3.05, 3.63) is 58.2 Å². The molecule has 4 amide bonds. The fourth-order valence-electron chi connectivity index (χ4n) is 9.91. The maximum atomic E-state index is 14.7. The molecule has 3 aliphatic rings. The van der Waals surface area contributed by atoms with Gasteiger partial charge in [0.15, 0.2) is 0 Å². The number of aryl methyl sites for hydroxylation is 1. The van der Waals surface area contributed by atoms with Crippen molar-refractivity contribution in [2.24, 2.45) is 11.3 Å². The normalized spacial score (nSPS) is 22.7. The maximum Gasteiger partial charge on any atom is 0.355 e. The van der Waals surface area contributed by atoms with Gasteiger partial charge in [0.25, 0.3) is 5.91 Å². The molecule has 3 N–H and O–H groups in total. The van der Waals surface area contributed by atoms with Gasteiger partial charge in [-0.05, 0) is 95.8 Å². The third-order valence-corrected chi connectivity index (χ3v) is 14.4. The molecule has 3 aromatic heterocycles. The first-order valence-electron chi connectivity index (χ1n) is 23.4. The van der Waals surface area contributed by atoms with Crippen LogP contribution in [0.2, 0.25) is 0 Å². The minimum atomic E-state index is -2.20. The van der Waals surface area contributed by atoms with Crippen LogP contribution in [0.1, 0.15) is 96.0 Å². The Morgan fingerprint density at radius 1 is 1.09 bits per heavy atom. The lowest BCUT2D eigenvalue weighted by Gasteiger charge is -2.40. The van der Waals surface area contributed by atoms with Crippen molar-refractivity contribution in [3.8, 4) is 22.5 Å². The summed E-state index contributed by atoms with van der Waals surface area (Å²) in [5.74, 6) is -2.23. The lowest BCUT2D eigenvalue weighted by atomic mass is 9.84. The molecule has 1 aromatic carbocycles. The Kier molecular flexibility index (Phi) is 14.9. The second kappa shape index (κ2) is 20.1. The van der Waals surface area contributed by atoms with Gasteiger partial charge in [0, 0.05) is 98.2 Å². The van der Waals surface area contributed by atoms with Gasteiger partial charge in [-0.15, -0.1) is 11.3 Å². The Morgan fingerprint density at radius 3 is 2.58 bits per heavy atom. The Labute approximate surface area is 393 Å². The smallest absolute Gasteiger partial charge is 0.355 e. The van der Waals surface area contributed by atoms with Crippen LogP contribution in [0.5, 0.6) is 0 Å². The SMILES string of the molecule is CCn1c(-c2cccnc2[C@H](C)OC)c2c3cc(ccc31)-c1csc(n1)C[C@H](NC(=O)[C@H](C(C)C)N(C)C(=O)N1CCC[C@@H](N(C)C)CC1)C(=O)N1CCC[C@@](O)(N1)C(=O)OCC(C)(C)C2.